The van der Waals surface area contributed by atoms with Crippen molar-refractivity contribution in [2.75, 3.05) is 24.5 Å². The van der Waals surface area contributed by atoms with Gasteiger partial charge >= 0.3 is 6.18 Å². The summed E-state index contributed by atoms with van der Waals surface area (Å²) in [6.45, 7) is 2.31. The van der Waals surface area contributed by atoms with Crippen molar-refractivity contribution in [1.29, 1.82) is 0 Å². The van der Waals surface area contributed by atoms with Crippen LogP contribution in [-0.2, 0) is 33.5 Å². The quantitative estimate of drug-likeness (QED) is 0.292. The number of rotatable bonds is 9. The van der Waals surface area contributed by atoms with Crippen molar-refractivity contribution in [3.63, 3.8) is 0 Å². The minimum absolute atomic E-state index is 0.0411. The number of halogens is 4. The molecule has 3 aromatic rings. The predicted molar refractivity (Wildman–Crippen MR) is 161 cm³/mol. The molecule has 1 atom stereocenters. The SMILES string of the molecule is O=C1CCC(NC(=O)Cc2ccc(CNCC3CCN(c4ncc(-c5cccc(Cl)c5)cc4C(F)(F)F)CC3)cc2)C(=O)N1. The molecular formula is C32H33ClF3N5O3. The molecule has 1 aromatic heterocycles. The van der Waals surface area contributed by atoms with Crippen LogP contribution in [-0.4, -0.2) is 48.4 Å². The Morgan fingerprint density at radius 3 is 2.41 bits per heavy atom. The normalized spacial score (nSPS) is 17.8. The van der Waals surface area contributed by atoms with Crippen LogP contribution in [0.5, 0.6) is 0 Å². The number of amides is 3. The van der Waals surface area contributed by atoms with Gasteiger partial charge in [0.2, 0.25) is 17.7 Å². The summed E-state index contributed by atoms with van der Waals surface area (Å²) in [5.41, 5.74) is 2.04. The molecule has 8 nitrogen and oxygen atoms in total. The van der Waals surface area contributed by atoms with Gasteiger partial charge in [0.1, 0.15) is 11.9 Å². The van der Waals surface area contributed by atoms with Crippen LogP contribution in [0, 0.1) is 5.92 Å². The summed E-state index contributed by atoms with van der Waals surface area (Å²) in [5.74, 6) is -0.815. The standard InChI is InChI=1S/C32H33ClF3N5O3/c33-25-3-1-2-23(15-25)24-16-26(32(34,35)36)30(38-19-24)41-12-10-22(11-13-41)18-37-17-21-6-4-20(5-7-21)14-29(43)39-27-8-9-28(42)40-31(27)44/h1-7,15-16,19,22,27,37H,8-14,17-18H2,(H,39,43)(H,40,42,44). The Hall–Kier alpha value is -3.96. The molecular weight excluding hydrogens is 595 g/mol. The summed E-state index contributed by atoms with van der Waals surface area (Å²) in [7, 11) is 0. The molecule has 1 unspecified atom stereocenters. The van der Waals surface area contributed by atoms with E-state index in [-0.39, 0.29) is 30.5 Å². The zero-order valence-corrected chi connectivity index (χ0v) is 24.7. The largest absolute Gasteiger partial charge is 0.419 e. The number of benzene rings is 2. The molecule has 3 heterocycles. The molecule has 2 aromatic carbocycles. The van der Waals surface area contributed by atoms with Gasteiger partial charge < -0.3 is 15.5 Å². The molecule has 2 fully saturated rings. The summed E-state index contributed by atoms with van der Waals surface area (Å²) < 4.78 is 42.1. The number of nitrogens with one attached hydrogen (secondary N) is 3. The van der Waals surface area contributed by atoms with Crippen LogP contribution in [0.3, 0.4) is 0 Å². The highest BCUT2D eigenvalue weighted by molar-refractivity contribution is 6.30. The highest BCUT2D eigenvalue weighted by Crippen LogP contribution is 2.39. The van der Waals surface area contributed by atoms with Gasteiger partial charge in [-0.3, -0.25) is 19.7 Å². The molecule has 2 aliphatic heterocycles. The summed E-state index contributed by atoms with van der Waals surface area (Å²) in [6.07, 6.45) is -0.969. The first-order valence-corrected chi connectivity index (χ1v) is 14.9. The zero-order chi connectivity index (χ0) is 31.3. The number of nitrogens with zero attached hydrogens (tertiary/aromatic N) is 2. The molecule has 12 heteroatoms. The van der Waals surface area contributed by atoms with E-state index in [0.717, 1.165) is 36.6 Å². The van der Waals surface area contributed by atoms with Gasteiger partial charge in [-0.05, 0) is 66.6 Å². The van der Waals surface area contributed by atoms with Crippen molar-refractivity contribution in [3.8, 4) is 11.1 Å². The molecule has 0 bridgehead atoms. The van der Waals surface area contributed by atoms with Gasteiger partial charge in [0.25, 0.3) is 0 Å². The Morgan fingerprint density at radius 2 is 1.73 bits per heavy atom. The number of hydrogen-bond acceptors (Lipinski definition) is 6. The Morgan fingerprint density at radius 1 is 1.00 bits per heavy atom. The molecule has 3 amide bonds. The first-order chi connectivity index (χ1) is 21.0. The second-order valence-electron chi connectivity index (χ2n) is 11.2. The minimum atomic E-state index is -4.54. The number of hydrogen-bond donors (Lipinski definition) is 3. The van der Waals surface area contributed by atoms with Crippen LogP contribution in [0.1, 0.15) is 42.4 Å². The lowest BCUT2D eigenvalue weighted by Crippen LogP contribution is -2.52. The Kier molecular flexibility index (Phi) is 9.85. The first-order valence-electron chi connectivity index (χ1n) is 14.5. The molecule has 44 heavy (non-hydrogen) atoms. The maximum absolute atomic E-state index is 14.0. The average Bonchev–Trinajstić information content (AvgIpc) is 2.99. The van der Waals surface area contributed by atoms with Crippen molar-refractivity contribution in [2.45, 2.75) is 50.9 Å². The van der Waals surface area contributed by atoms with Crippen LogP contribution < -0.4 is 20.9 Å². The number of alkyl halides is 3. The van der Waals surface area contributed by atoms with Gasteiger partial charge in [0, 0.05) is 42.8 Å². The molecule has 0 radical (unpaired) electrons. The maximum atomic E-state index is 14.0. The van der Waals surface area contributed by atoms with E-state index in [0.29, 0.717) is 48.1 Å². The number of pyridine rings is 1. The van der Waals surface area contributed by atoms with Gasteiger partial charge in [0.05, 0.1) is 12.0 Å². The van der Waals surface area contributed by atoms with E-state index in [9.17, 15) is 27.6 Å². The third kappa shape index (κ3) is 8.15. The number of imide groups is 1. The second-order valence-corrected chi connectivity index (χ2v) is 11.7. The van der Waals surface area contributed by atoms with Gasteiger partial charge in [-0.2, -0.15) is 13.2 Å². The molecule has 0 spiro atoms. The lowest BCUT2D eigenvalue weighted by Gasteiger charge is -2.34. The summed E-state index contributed by atoms with van der Waals surface area (Å²) in [6, 6.07) is 14.7. The third-order valence-corrected chi connectivity index (χ3v) is 8.20. The van der Waals surface area contributed by atoms with Crippen LogP contribution in [0.4, 0.5) is 19.0 Å². The highest BCUT2D eigenvalue weighted by Gasteiger charge is 2.37. The van der Waals surface area contributed by atoms with Gasteiger partial charge in [-0.15, -0.1) is 0 Å². The monoisotopic (exact) mass is 627 g/mol. The fourth-order valence-corrected chi connectivity index (χ4v) is 5.74. The number of aromatic nitrogens is 1. The fourth-order valence-electron chi connectivity index (χ4n) is 5.55. The Bertz CT molecular complexity index is 1510. The average molecular weight is 628 g/mol. The number of carbonyl (C=O) groups is 3. The van der Waals surface area contributed by atoms with Crippen LogP contribution in [0.2, 0.25) is 5.02 Å². The maximum Gasteiger partial charge on any atom is 0.419 e. The fraction of sp³-hybridized carbons (Fsp3) is 0.375. The van der Waals surface area contributed by atoms with Crippen molar-refractivity contribution < 1.29 is 27.6 Å². The van der Waals surface area contributed by atoms with E-state index in [2.05, 4.69) is 20.9 Å². The van der Waals surface area contributed by atoms with Crippen molar-refractivity contribution in [3.05, 3.63) is 82.5 Å². The topological polar surface area (TPSA) is 103 Å². The highest BCUT2D eigenvalue weighted by atomic mass is 35.5. The van der Waals surface area contributed by atoms with E-state index >= 15 is 0 Å². The smallest absolute Gasteiger partial charge is 0.356 e. The zero-order valence-electron chi connectivity index (χ0n) is 23.9. The van der Waals surface area contributed by atoms with Gasteiger partial charge in [-0.25, -0.2) is 4.98 Å². The van der Waals surface area contributed by atoms with E-state index in [1.54, 1.807) is 29.2 Å². The summed E-state index contributed by atoms with van der Waals surface area (Å²) in [5, 5.41) is 8.78. The molecule has 5 rings (SSSR count). The lowest BCUT2D eigenvalue weighted by molar-refractivity contribution is -0.138. The number of carbonyl (C=O) groups excluding carboxylic acids is 3. The molecule has 3 N–H and O–H groups in total. The van der Waals surface area contributed by atoms with E-state index in [1.165, 1.54) is 6.20 Å². The van der Waals surface area contributed by atoms with E-state index in [4.69, 9.17) is 11.6 Å². The third-order valence-electron chi connectivity index (χ3n) is 7.97. The molecule has 2 aliphatic rings. The second kappa shape index (κ2) is 13.8. The van der Waals surface area contributed by atoms with Crippen molar-refractivity contribution >= 4 is 35.1 Å². The molecule has 0 aliphatic carbocycles. The number of anilines is 1. The van der Waals surface area contributed by atoms with Crippen LogP contribution in [0.15, 0.2) is 60.8 Å². The minimum Gasteiger partial charge on any atom is -0.356 e. The number of piperidine rings is 2. The predicted octanol–water partition coefficient (Wildman–Crippen LogP) is 4.89. The molecule has 0 saturated carbocycles. The van der Waals surface area contributed by atoms with Crippen LogP contribution in [0.25, 0.3) is 11.1 Å². The van der Waals surface area contributed by atoms with Crippen molar-refractivity contribution in [1.82, 2.24) is 20.9 Å². The molecule has 232 valence electrons. The Labute approximate surface area is 258 Å². The van der Waals surface area contributed by atoms with Crippen LogP contribution >= 0.6 is 11.6 Å². The van der Waals surface area contributed by atoms with E-state index in [1.807, 2.05) is 24.3 Å². The van der Waals surface area contributed by atoms with Gasteiger partial charge in [-0.1, -0.05) is 48.0 Å². The summed E-state index contributed by atoms with van der Waals surface area (Å²) in [4.78, 5) is 41.4. The van der Waals surface area contributed by atoms with Crippen molar-refractivity contribution in [2.24, 2.45) is 5.92 Å². The molecule has 2 saturated heterocycles. The Balaban J connectivity index is 1.08. The summed E-state index contributed by atoms with van der Waals surface area (Å²) >= 11 is 6.03. The van der Waals surface area contributed by atoms with Gasteiger partial charge in [0.15, 0.2) is 0 Å². The van der Waals surface area contributed by atoms with E-state index < -0.39 is 23.7 Å². The first kappa shape index (κ1) is 31.5. The lowest BCUT2D eigenvalue weighted by atomic mass is 9.96.